The summed E-state index contributed by atoms with van der Waals surface area (Å²) in [5, 5.41) is 0. The molecular formula is C13H26ClNO2S. The summed E-state index contributed by atoms with van der Waals surface area (Å²) in [6.45, 7) is 4.73. The van der Waals surface area contributed by atoms with E-state index in [2.05, 4.69) is 11.6 Å². The molecule has 0 aromatic heterocycles. The molecule has 3 nitrogen and oxygen atoms in total. The minimum atomic E-state index is -3.14. The van der Waals surface area contributed by atoms with Crippen molar-refractivity contribution >= 4 is 21.6 Å². The third-order valence-electron chi connectivity index (χ3n) is 3.78. The van der Waals surface area contributed by atoms with Crippen molar-refractivity contribution < 1.29 is 8.42 Å². The fourth-order valence-electron chi connectivity index (χ4n) is 2.51. The van der Waals surface area contributed by atoms with Crippen LogP contribution in [0.2, 0.25) is 0 Å². The Kier molecular flexibility index (Phi) is 6.96. The second-order valence-electron chi connectivity index (χ2n) is 5.85. The van der Waals surface area contributed by atoms with E-state index in [0.717, 1.165) is 12.3 Å². The lowest BCUT2D eigenvalue weighted by molar-refractivity contribution is 0.278. The average Bonchev–Trinajstić information content (AvgIpc) is 2.31. The summed E-state index contributed by atoms with van der Waals surface area (Å²) < 4.78 is 26.1. The fraction of sp³-hybridized carbons (Fsp3) is 1.00. The molecule has 0 aromatic carbocycles. The lowest BCUT2D eigenvalue weighted by atomic mass is 9.81. The van der Waals surface area contributed by atoms with Crippen molar-refractivity contribution in [3.05, 3.63) is 0 Å². The zero-order valence-electron chi connectivity index (χ0n) is 11.5. The van der Waals surface area contributed by atoms with Crippen molar-refractivity contribution in [1.82, 2.24) is 4.72 Å². The summed E-state index contributed by atoms with van der Waals surface area (Å²) in [5.74, 6) is 2.09. The predicted octanol–water partition coefficient (Wildman–Crippen LogP) is 3.00. The third kappa shape index (κ3) is 6.39. The quantitative estimate of drug-likeness (QED) is 0.734. The second-order valence-corrected chi connectivity index (χ2v) is 8.01. The minimum absolute atomic E-state index is 0.0136. The van der Waals surface area contributed by atoms with Crippen molar-refractivity contribution in [3.8, 4) is 0 Å². The number of rotatable bonds is 7. The molecule has 1 aliphatic rings. The molecule has 0 amide bonds. The van der Waals surface area contributed by atoms with Crippen LogP contribution in [0.4, 0.5) is 0 Å². The summed E-state index contributed by atoms with van der Waals surface area (Å²) in [7, 11) is -3.14. The first-order chi connectivity index (χ1) is 8.43. The van der Waals surface area contributed by atoms with Crippen LogP contribution in [0.15, 0.2) is 0 Å². The summed E-state index contributed by atoms with van der Waals surface area (Å²) >= 11 is 5.64. The van der Waals surface area contributed by atoms with Gasteiger partial charge in [0.25, 0.3) is 0 Å². The van der Waals surface area contributed by atoms with Crippen LogP contribution in [0, 0.1) is 17.8 Å². The van der Waals surface area contributed by atoms with E-state index >= 15 is 0 Å². The first-order valence-electron chi connectivity index (χ1n) is 6.96. The molecular weight excluding hydrogens is 270 g/mol. The van der Waals surface area contributed by atoms with Crippen LogP contribution in [-0.2, 0) is 10.0 Å². The van der Waals surface area contributed by atoms with Gasteiger partial charge < -0.3 is 0 Å². The molecule has 1 aliphatic carbocycles. The van der Waals surface area contributed by atoms with E-state index in [-0.39, 0.29) is 11.7 Å². The van der Waals surface area contributed by atoms with E-state index in [0.29, 0.717) is 18.3 Å². The Morgan fingerprint density at radius 2 is 1.89 bits per heavy atom. The Morgan fingerprint density at radius 3 is 2.44 bits per heavy atom. The molecule has 108 valence electrons. The molecule has 1 saturated carbocycles. The highest BCUT2D eigenvalue weighted by Gasteiger charge is 2.19. The SMILES string of the molecule is CC1CCC(CCNS(=O)(=O)CC(C)CCl)CC1. The van der Waals surface area contributed by atoms with E-state index < -0.39 is 10.0 Å². The number of hydrogen-bond acceptors (Lipinski definition) is 2. The monoisotopic (exact) mass is 295 g/mol. The molecule has 0 heterocycles. The summed E-state index contributed by atoms with van der Waals surface area (Å²) in [6.07, 6.45) is 6.06. The molecule has 5 heteroatoms. The highest BCUT2D eigenvalue weighted by Crippen LogP contribution is 2.29. The minimum Gasteiger partial charge on any atom is -0.215 e. The molecule has 1 unspecified atom stereocenters. The van der Waals surface area contributed by atoms with E-state index in [4.69, 9.17) is 11.6 Å². The normalized spacial score (nSPS) is 27.1. The summed E-state index contributed by atoms with van der Waals surface area (Å²) in [5.41, 5.74) is 0. The lowest BCUT2D eigenvalue weighted by Crippen LogP contribution is -2.31. The topological polar surface area (TPSA) is 46.2 Å². The van der Waals surface area contributed by atoms with Gasteiger partial charge in [0, 0.05) is 12.4 Å². The van der Waals surface area contributed by atoms with Gasteiger partial charge in [-0.15, -0.1) is 11.6 Å². The Morgan fingerprint density at radius 1 is 1.28 bits per heavy atom. The molecule has 0 saturated heterocycles. The molecule has 0 bridgehead atoms. The van der Waals surface area contributed by atoms with E-state index in [1.807, 2.05) is 6.92 Å². The maximum absolute atomic E-state index is 11.7. The first-order valence-corrected chi connectivity index (χ1v) is 9.15. The van der Waals surface area contributed by atoms with Crippen LogP contribution in [0.25, 0.3) is 0 Å². The number of alkyl halides is 1. The highest BCUT2D eigenvalue weighted by molar-refractivity contribution is 7.89. The molecule has 1 N–H and O–H groups in total. The first kappa shape index (κ1) is 16.3. The van der Waals surface area contributed by atoms with Crippen molar-refractivity contribution in [2.45, 2.75) is 46.0 Å². The van der Waals surface area contributed by atoms with Gasteiger partial charge in [-0.1, -0.05) is 39.5 Å². The van der Waals surface area contributed by atoms with Crippen LogP contribution >= 0.6 is 11.6 Å². The van der Waals surface area contributed by atoms with Gasteiger partial charge in [-0.2, -0.15) is 0 Å². The van der Waals surface area contributed by atoms with Gasteiger partial charge in [0.1, 0.15) is 0 Å². The third-order valence-corrected chi connectivity index (χ3v) is 5.96. The van der Waals surface area contributed by atoms with Crippen LogP contribution in [0.5, 0.6) is 0 Å². The Bertz CT molecular complexity index is 324. The fourth-order valence-corrected chi connectivity index (χ4v) is 4.17. The maximum atomic E-state index is 11.7. The van der Waals surface area contributed by atoms with Crippen LogP contribution in [0.1, 0.15) is 46.0 Å². The van der Waals surface area contributed by atoms with Crippen molar-refractivity contribution in [1.29, 1.82) is 0 Å². The Hall–Kier alpha value is 0.200. The molecule has 0 spiro atoms. The Labute approximate surface area is 117 Å². The lowest BCUT2D eigenvalue weighted by Gasteiger charge is -2.26. The number of halogens is 1. The van der Waals surface area contributed by atoms with Gasteiger partial charge in [-0.3, -0.25) is 0 Å². The standard InChI is InChI=1S/C13H26ClNO2S/c1-11-3-5-13(6-4-11)7-8-15-18(16,17)10-12(2)9-14/h11-13,15H,3-10H2,1-2H3. The van der Waals surface area contributed by atoms with E-state index in [9.17, 15) is 8.42 Å². The zero-order valence-corrected chi connectivity index (χ0v) is 13.1. The zero-order chi connectivity index (χ0) is 13.6. The van der Waals surface area contributed by atoms with E-state index in [1.54, 1.807) is 0 Å². The van der Waals surface area contributed by atoms with Gasteiger partial charge in [-0.25, -0.2) is 13.1 Å². The summed E-state index contributed by atoms with van der Waals surface area (Å²) in [4.78, 5) is 0. The summed E-state index contributed by atoms with van der Waals surface area (Å²) in [6, 6.07) is 0. The van der Waals surface area contributed by atoms with Gasteiger partial charge in [0.2, 0.25) is 10.0 Å². The van der Waals surface area contributed by atoms with Crippen LogP contribution in [-0.4, -0.2) is 26.6 Å². The van der Waals surface area contributed by atoms with Crippen molar-refractivity contribution in [2.75, 3.05) is 18.2 Å². The molecule has 1 atom stereocenters. The van der Waals surface area contributed by atoms with Gasteiger partial charge in [-0.05, 0) is 24.2 Å². The largest absolute Gasteiger partial charge is 0.215 e. The van der Waals surface area contributed by atoms with Crippen molar-refractivity contribution in [3.63, 3.8) is 0 Å². The number of hydrogen-bond donors (Lipinski definition) is 1. The highest BCUT2D eigenvalue weighted by atomic mass is 35.5. The second kappa shape index (κ2) is 7.71. The molecule has 0 aromatic rings. The van der Waals surface area contributed by atoms with E-state index in [1.165, 1.54) is 25.7 Å². The smallest absolute Gasteiger partial charge is 0.211 e. The molecule has 0 radical (unpaired) electrons. The maximum Gasteiger partial charge on any atom is 0.211 e. The Balaban J connectivity index is 2.20. The van der Waals surface area contributed by atoms with Gasteiger partial charge in [0.05, 0.1) is 5.75 Å². The number of sulfonamides is 1. The van der Waals surface area contributed by atoms with Crippen LogP contribution < -0.4 is 4.72 Å². The molecule has 1 fully saturated rings. The molecule has 1 rings (SSSR count). The van der Waals surface area contributed by atoms with Crippen LogP contribution in [0.3, 0.4) is 0 Å². The van der Waals surface area contributed by atoms with Gasteiger partial charge in [0.15, 0.2) is 0 Å². The van der Waals surface area contributed by atoms with Crippen molar-refractivity contribution in [2.24, 2.45) is 17.8 Å². The molecule has 18 heavy (non-hydrogen) atoms. The van der Waals surface area contributed by atoms with Gasteiger partial charge >= 0.3 is 0 Å². The average molecular weight is 296 g/mol. The molecule has 0 aliphatic heterocycles. The predicted molar refractivity (Wildman–Crippen MR) is 77.4 cm³/mol. The number of nitrogens with one attached hydrogen (secondary N) is 1.